The average molecular weight is 387 g/mol. The number of hydrogen-bond acceptors (Lipinski definition) is 3. The van der Waals surface area contributed by atoms with Crippen LogP contribution in [0.4, 0.5) is 5.69 Å². The molecule has 3 N–H and O–H groups in total. The summed E-state index contributed by atoms with van der Waals surface area (Å²) in [7, 11) is 0. The molecular weight excluding hydrogens is 371 g/mol. The van der Waals surface area contributed by atoms with Crippen LogP contribution in [0, 0.1) is 0 Å². The molecule has 0 heterocycles. The van der Waals surface area contributed by atoms with Crippen molar-refractivity contribution >= 4 is 34.8 Å². The van der Waals surface area contributed by atoms with Gasteiger partial charge in [-0.1, -0.05) is 41.4 Å². The highest BCUT2D eigenvalue weighted by Crippen LogP contribution is 2.30. The van der Waals surface area contributed by atoms with Gasteiger partial charge >= 0.3 is 0 Å². The summed E-state index contributed by atoms with van der Waals surface area (Å²) >= 11 is 12.1. The lowest BCUT2D eigenvalue weighted by atomic mass is 10.1. The van der Waals surface area contributed by atoms with Gasteiger partial charge in [0.05, 0.1) is 5.56 Å². The Morgan fingerprint density at radius 1 is 0.962 bits per heavy atom. The van der Waals surface area contributed by atoms with Crippen LogP contribution < -0.4 is 15.8 Å². The fourth-order valence-corrected chi connectivity index (χ4v) is 2.75. The van der Waals surface area contributed by atoms with Gasteiger partial charge in [-0.15, -0.1) is 0 Å². The van der Waals surface area contributed by atoms with Crippen LogP contribution in [0.3, 0.4) is 0 Å². The van der Waals surface area contributed by atoms with Gasteiger partial charge in [0.2, 0.25) is 0 Å². The monoisotopic (exact) mass is 386 g/mol. The molecule has 1 amide bonds. The summed E-state index contributed by atoms with van der Waals surface area (Å²) in [6, 6.07) is 19.1. The lowest BCUT2D eigenvalue weighted by molar-refractivity contribution is 0.102. The molecule has 0 aliphatic heterocycles. The van der Waals surface area contributed by atoms with Crippen LogP contribution in [0.1, 0.15) is 15.9 Å². The molecule has 26 heavy (non-hydrogen) atoms. The molecule has 132 valence electrons. The Hall–Kier alpha value is -2.53. The number of anilines is 1. The summed E-state index contributed by atoms with van der Waals surface area (Å²) < 4.78 is 5.83. The molecule has 3 aromatic carbocycles. The maximum absolute atomic E-state index is 12.7. The first-order valence-electron chi connectivity index (χ1n) is 7.88. The molecule has 0 atom stereocenters. The van der Waals surface area contributed by atoms with E-state index in [1.165, 1.54) is 0 Å². The molecule has 3 rings (SSSR count). The average Bonchev–Trinajstić information content (AvgIpc) is 2.63. The Morgan fingerprint density at radius 2 is 1.73 bits per heavy atom. The molecule has 0 aliphatic carbocycles. The van der Waals surface area contributed by atoms with Gasteiger partial charge in [0.1, 0.15) is 11.5 Å². The van der Waals surface area contributed by atoms with Crippen molar-refractivity contribution in [2.24, 2.45) is 5.73 Å². The van der Waals surface area contributed by atoms with Crippen LogP contribution in [0.2, 0.25) is 10.0 Å². The highest BCUT2D eigenvalue weighted by atomic mass is 35.5. The highest BCUT2D eigenvalue weighted by molar-refractivity contribution is 6.31. The van der Waals surface area contributed by atoms with Crippen molar-refractivity contribution in [3.05, 3.63) is 87.9 Å². The number of halogens is 2. The zero-order chi connectivity index (χ0) is 18.5. The van der Waals surface area contributed by atoms with E-state index < -0.39 is 0 Å². The quantitative estimate of drug-likeness (QED) is 0.608. The summed E-state index contributed by atoms with van der Waals surface area (Å²) in [5, 5.41) is 3.82. The highest BCUT2D eigenvalue weighted by Gasteiger charge is 2.15. The van der Waals surface area contributed by atoms with Crippen molar-refractivity contribution in [1.29, 1.82) is 0 Å². The zero-order valence-electron chi connectivity index (χ0n) is 13.7. The largest absolute Gasteiger partial charge is 0.456 e. The van der Waals surface area contributed by atoms with E-state index >= 15 is 0 Å². The van der Waals surface area contributed by atoms with E-state index in [4.69, 9.17) is 33.7 Å². The normalized spacial score (nSPS) is 10.4. The van der Waals surface area contributed by atoms with Crippen LogP contribution in [0.5, 0.6) is 11.5 Å². The Labute approximate surface area is 161 Å². The number of benzene rings is 3. The minimum Gasteiger partial charge on any atom is -0.456 e. The third-order valence-corrected chi connectivity index (χ3v) is 4.10. The smallest absolute Gasteiger partial charge is 0.259 e. The molecule has 0 saturated carbocycles. The van der Waals surface area contributed by atoms with Crippen molar-refractivity contribution < 1.29 is 9.53 Å². The molecule has 3 aromatic rings. The number of ether oxygens (including phenoxy) is 1. The van der Waals surface area contributed by atoms with Gasteiger partial charge in [-0.25, -0.2) is 0 Å². The Bertz CT molecular complexity index is 945. The number of carbonyl (C=O) groups excluding carboxylic acids is 1. The van der Waals surface area contributed by atoms with E-state index in [1.807, 2.05) is 18.2 Å². The first-order chi connectivity index (χ1) is 12.5. The molecule has 0 saturated heterocycles. The number of rotatable bonds is 5. The number of amides is 1. The van der Waals surface area contributed by atoms with Gasteiger partial charge in [0.25, 0.3) is 5.91 Å². The second kappa shape index (κ2) is 8.23. The predicted octanol–water partition coefficient (Wildman–Crippen LogP) is 5.50. The lowest BCUT2D eigenvalue weighted by Crippen LogP contribution is -2.13. The van der Waals surface area contributed by atoms with E-state index in [2.05, 4.69) is 5.32 Å². The van der Waals surface area contributed by atoms with Crippen molar-refractivity contribution in [2.75, 3.05) is 5.32 Å². The first kappa shape index (κ1) is 18.3. The molecule has 0 aliphatic rings. The molecule has 0 unspecified atom stereocenters. The van der Waals surface area contributed by atoms with Crippen LogP contribution in [0.15, 0.2) is 66.7 Å². The minimum absolute atomic E-state index is 0.315. The van der Waals surface area contributed by atoms with E-state index in [-0.39, 0.29) is 5.91 Å². The summed E-state index contributed by atoms with van der Waals surface area (Å²) in [6.07, 6.45) is 0. The standard InChI is InChI=1S/C20H16Cl2N2O2/c21-14-4-2-6-17(10-14)26-19-8-7-15(22)11-18(19)20(25)24-16-5-1-3-13(9-16)12-23/h1-11H,12,23H2,(H,24,25). The fraction of sp³-hybridized carbons (Fsp3) is 0.0500. The van der Waals surface area contributed by atoms with Crippen molar-refractivity contribution in [1.82, 2.24) is 0 Å². The third kappa shape index (κ3) is 4.55. The Balaban J connectivity index is 1.88. The topological polar surface area (TPSA) is 64.3 Å². The van der Waals surface area contributed by atoms with Crippen molar-refractivity contribution in [2.45, 2.75) is 6.54 Å². The van der Waals surface area contributed by atoms with Gasteiger partial charge in [0, 0.05) is 22.3 Å². The SMILES string of the molecule is NCc1cccc(NC(=O)c2cc(Cl)ccc2Oc2cccc(Cl)c2)c1. The maximum atomic E-state index is 12.7. The minimum atomic E-state index is -0.335. The van der Waals surface area contributed by atoms with Gasteiger partial charge in [-0.2, -0.15) is 0 Å². The van der Waals surface area contributed by atoms with E-state index in [1.54, 1.807) is 48.5 Å². The van der Waals surface area contributed by atoms with Crippen molar-refractivity contribution in [3.8, 4) is 11.5 Å². The summed E-state index contributed by atoms with van der Waals surface area (Å²) in [5.74, 6) is 0.571. The van der Waals surface area contributed by atoms with E-state index in [0.29, 0.717) is 39.3 Å². The Kier molecular flexibility index (Phi) is 5.78. The van der Waals surface area contributed by atoms with Gasteiger partial charge < -0.3 is 15.8 Å². The van der Waals surface area contributed by atoms with Gasteiger partial charge in [0.15, 0.2) is 0 Å². The van der Waals surface area contributed by atoms with Gasteiger partial charge in [-0.05, 0) is 54.1 Å². The Morgan fingerprint density at radius 3 is 2.50 bits per heavy atom. The van der Waals surface area contributed by atoms with E-state index in [9.17, 15) is 4.79 Å². The van der Waals surface area contributed by atoms with Crippen LogP contribution in [0.25, 0.3) is 0 Å². The molecule has 6 heteroatoms. The molecule has 4 nitrogen and oxygen atoms in total. The van der Waals surface area contributed by atoms with Crippen LogP contribution >= 0.6 is 23.2 Å². The fourth-order valence-electron chi connectivity index (χ4n) is 2.40. The van der Waals surface area contributed by atoms with Gasteiger partial charge in [-0.3, -0.25) is 4.79 Å². The van der Waals surface area contributed by atoms with Crippen LogP contribution in [-0.2, 0) is 6.54 Å². The molecule has 0 fully saturated rings. The number of hydrogen-bond donors (Lipinski definition) is 2. The molecule has 0 aromatic heterocycles. The second-order valence-electron chi connectivity index (χ2n) is 5.56. The molecule has 0 bridgehead atoms. The maximum Gasteiger partial charge on any atom is 0.259 e. The summed E-state index contributed by atoms with van der Waals surface area (Å²) in [5.41, 5.74) is 7.52. The second-order valence-corrected chi connectivity index (χ2v) is 6.43. The first-order valence-corrected chi connectivity index (χ1v) is 8.64. The van der Waals surface area contributed by atoms with E-state index in [0.717, 1.165) is 5.56 Å². The zero-order valence-corrected chi connectivity index (χ0v) is 15.2. The summed E-state index contributed by atoms with van der Waals surface area (Å²) in [6.45, 7) is 0.393. The number of nitrogens with one attached hydrogen (secondary N) is 1. The number of nitrogens with two attached hydrogens (primary N) is 1. The lowest BCUT2D eigenvalue weighted by Gasteiger charge is -2.13. The number of carbonyl (C=O) groups is 1. The molecule has 0 spiro atoms. The summed E-state index contributed by atoms with van der Waals surface area (Å²) in [4.78, 5) is 12.7. The molecule has 0 radical (unpaired) electrons. The van der Waals surface area contributed by atoms with Crippen molar-refractivity contribution in [3.63, 3.8) is 0 Å². The third-order valence-electron chi connectivity index (χ3n) is 3.63. The molecular formula is C20H16Cl2N2O2. The van der Waals surface area contributed by atoms with Crippen LogP contribution in [-0.4, -0.2) is 5.91 Å². The predicted molar refractivity (Wildman–Crippen MR) is 105 cm³/mol.